The van der Waals surface area contributed by atoms with Crippen molar-refractivity contribution in [3.8, 4) is 22.1 Å². The molecule has 2 aromatic heterocycles. The Bertz CT molecular complexity index is 1860. The summed E-state index contributed by atoms with van der Waals surface area (Å²) in [5.74, 6) is -0.559. The van der Waals surface area contributed by atoms with Crippen LogP contribution in [0, 0.1) is 0 Å². The molecule has 0 amide bonds. The van der Waals surface area contributed by atoms with Crippen molar-refractivity contribution in [2.75, 3.05) is 0 Å². The fourth-order valence-corrected chi connectivity index (χ4v) is 6.51. The normalized spacial score (nSPS) is 11.9. The SMILES string of the molecule is O=S(=O)(O)Oc1c(-c2sc3c(ccc4cccc(Cl)c43)c2OS(=O)(=O)O)[nH]c2ccc(Br)cc12.[K].[K]. The number of nitrogens with one attached hydrogen (secondary N) is 1. The summed E-state index contributed by atoms with van der Waals surface area (Å²) >= 11 is 10.8. The zero-order valence-electron chi connectivity index (χ0n) is 18.4. The van der Waals surface area contributed by atoms with E-state index in [0.717, 1.165) is 16.7 Å². The van der Waals surface area contributed by atoms with E-state index in [1.165, 1.54) is 0 Å². The molecule has 16 heteroatoms. The maximum Gasteiger partial charge on any atom is 0.446 e. The summed E-state index contributed by atoms with van der Waals surface area (Å²) in [5.41, 5.74) is 0.431. The molecule has 0 aliphatic heterocycles. The minimum Gasteiger partial charge on any atom is -0.359 e. The summed E-state index contributed by atoms with van der Waals surface area (Å²) in [5, 5.41) is 2.34. The second-order valence-corrected chi connectivity index (χ2v) is 11.5. The summed E-state index contributed by atoms with van der Waals surface area (Å²) in [4.78, 5) is 3.07. The standard InChI is InChI=1S/C20H11BrClNO8S3.2K/c21-10-5-7-14-12(8-10)17(30-33(24,25)26)16(23-14)20-18(31-34(27,28)29)11-6-4-9-2-1-3-13(22)15(9)19(11)32-20;;/h1-8,23H,(H,24,25,26)(H,27,28,29);;. The number of aromatic nitrogens is 1. The third-order valence-electron chi connectivity index (χ3n) is 4.92. The largest absolute Gasteiger partial charge is 0.446 e. The molecule has 0 aliphatic rings. The number of thiophene rings is 1. The quantitative estimate of drug-likeness (QED) is 0.169. The minimum absolute atomic E-state index is 0. The topological polar surface area (TPSA) is 143 Å². The first kappa shape index (κ1) is 31.4. The molecular formula is C20H11BrClK2NO8S3. The van der Waals surface area contributed by atoms with Gasteiger partial charge in [0.25, 0.3) is 0 Å². The monoisotopic (exact) mass is 681 g/mol. The Balaban J connectivity index is 0.00000180. The molecule has 5 aromatic rings. The summed E-state index contributed by atoms with van der Waals surface area (Å²) < 4.78 is 76.5. The van der Waals surface area contributed by atoms with E-state index < -0.39 is 20.8 Å². The summed E-state index contributed by atoms with van der Waals surface area (Å²) in [6.07, 6.45) is 0. The first-order valence-corrected chi connectivity index (χ1v) is 13.9. The second kappa shape index (κ2) is 11.8. The van der Waals surface area contributed by atoms with Gasteiger partial charge in [-0.2, -0.15) is 16.8 Å². The van der Waals surface area contributed by atoms with Gasteiger partial charge in [-0.05, 0) is 35.7 Å². The van der Waals surface area contributed by atoms with Crippen LogP contribution < -0.4 is 8.37 Å². The molecule has 0 spiro atoms. The van der Waals surface area contributed by atoms with E-state index >= 15 is 0 Å². The third-order valence-corrected chi connectivity index (χ3v) is 7.70. The van der Waals surface area contributed by atoms with Crippen LogP contribution in [0.5, 0.6) is 11.5 Å². The maximum absolute atomic E-state index is 11.7. The van der Waals surface area contributed by atoms with Crippen LogP contribution in [0.15, 0.2) is 53.0 Å². The van der Waals surface area contributed by atoms with Crippen LogP contribution in [-0.4, -0.2) is 134 Å². The minimum atomic E-state index is -4.97. The molecule has 9 nitrogen and oxygen atoms in total. The number of rotatable bonds is 5. The van der Waals surface area contributed by atoms with Crippen LogP contribution in [0.3, 0.4) is 0 Å². The predicted octanol–water partition coefficient (Wildman–Crippen LogP) is 5.22. The summed E-state index contributed by atoms with van der Waals surface area (Å²) in [7, 11) is -9.93. The van der Waals surface area contributed by atoms with Gasteiger partial charge in [-0.15, -0.1) is 11.3 Å². The van der Waals surface area contributed by atoms with Gasteiger partial charge in [-0.25, -0.2) is 0 Å². The van der Waals surface area contributed by atoms with Crippen molar-refractivity contribution in [3.05, 3.63) is 58.0 Å². The molecule has 0 aliphatic carbocycles. The van der Waals surface area contributed by atoms with Crippen LogP contribution in [0.4, 0.5) is 0 Å². The third kappa shape index (κ3) is 6.44. The number of H-pyrrole nitrogens is 1. The van der Waals surface area contributed by atoms with Crippen LogP contribution in [0.25, 0.3) is 42.3 Å². The Morgan fingerprint density at radius 1 is 0.889 bits per heavy atom. The molecular weight excluding hydrogens is 672 g/mol. The van der Waals surface area contributed by atoms with Gasteiger partial charge in [0.15, 0.2) is 11.5 Å². The Morgan fingerprint density at radius 2 is 1.56 bits per heavy atom. The van der Waals surface area contributed by atoms with Gasteiger partial charge in [-0.3, -0.25) is 9.11 Å². The first-order valence-electron chi connectivity index (χ1n) is 9.20. The molecule has 0 atom stereocenters. The molecule has 0 saturated carbocycles. The Labute approximate surface area is 307 Å². The zero-order valence-corrected chi connectivity index (χ0v) is 29.5. The average Bonchev–Trinajstić information content (AvgIpc) is 3.24. The predicted molar refractivity (Wildman–Crippen MR) is 145 cm³/mol. The molecule has 0 bridgehead atoms. The van der Waals surface area contributed by atoms with Crippen LogP contribution in [0.1, 0.15) is 0 Å². The van der Waals surface area contributed by atoms with Gasteiger partial charge in [0.05, 0.1) is 4.88 Å². The van der Waals surface area contributed by atoms with Crippen molar-refractivity contribution < 1.29 is 34.3 Å². The van der Waals surface area contributed by atoms with Crippen molar-refractivity contribution in [2.45, 2.75) is 0 Å². The number of hydrogen-bond donors (Lipinski definition) is 3. The molecule has 2 radical (unpaired) electrons. The fraction of sp³-hybridized carbons (Fsp3) is 0. The van der Waals surface area contributed by atoms with E-state index in [4.69, 9.17) is 20.0 Å². The first-order chi connectivity index (χ1) is 15.9. The summed E-state index contributed by atoms with van der Waals surface area (Å²) in [6, 6.07) is 13.4. The van der Waals surface area contributed by atoms with Gasteiger partial charge in [0.2, 0.25) is 0 Å². The van der Waals surface area contributed by atoms with Crippen molar-refractivity contribution in [3.63, 3.8) is 0 Å². The Hall–Kier alpha value is 0.883. The van der Waals surface area contributed by atoms with E-state index in [2.05, 4.69) is 20.9 Å². The van der Waals surface area contributed by atoms with Crippen molar-refractivity contribution in [1.29, 1.82) is 0 Å². The zero-order chi connectivity index (χ0) is 24.4. The number of fused-ring (bicyclic) bond motifs is 4. The molecule has 36 heavy (non-hydrogen) atoms. The van der Waals surface area contributed by atoms with E-state index in [1.54, 1.807) is 42.5 Å². The number of halogens is 2. The van der Waals surface area contributed by atoms with E-state index in [1.807, 2.05) is 6.07 Å². The summed E-state index contributed by atoms with van der Waals surface area (Å²) in [6.45, 7) is 0. The van der Waals surface area contributed by atoms with Crippen LogP contribution >= 0.6 is 38.9 Å². The number of aromatic amines is 1. The molecule has 3 aromatic carbocycles. The van der Waals surface area contributed by atoms with Crippen molar-refractivity contribution in [2.24, 2.45) is 0 Å². The van der Waals surface area contributed by atoms with E-state index in [-0.39, 0.29) is 130 Å². The second-order valence-electron chi connectivity index (χ2n) is 7.08. The molecule has 0 unspecified atom stereocenters. The van der Waals surface area contributed by atoms with Crippen molar-refractivity contribution in [1.82, 2.24) is 4.98 Å². The molecule has 5 rings (SSSR count). The van der Waals surface area contributed by atoms with Gasteiger partial charge in [0.1, 0.15) is 5.69 Å². The molecule has 0 fully saturated rings. The van der Waals surface area contributed by atoms with Crippen LogP contribution in [-0.2, 0) is 20.8 Å². The molecule has 2 heterocycles. The van der Waals surface area contributed by atoms with Crippen LogP contribution in [0.2, 0.25) is 5.02 Å². The number of hydrogen-bond acceptors (Lipinski definition) is 7. The Morgan fingerprint density at radius 3 is 2.22 bits per heavy atom. The molecule has 178 valence electrons. The van der Waals surface area contributed by atoms with E-state index in [0.29, 0.717) is 30.5 Å². The van der Waals surface area contributed by atoms with Gasteiger partial charge < -0.3 is 13.4 Å². The molecule has 3 N–H and O–H groups in total. The Kier molecular flexibility index (Phi) is 10.3. The van der Waals surface area contributed by atoms with Gasteiger partial charge >= 0.3 is 20.8 Å². The smallest absolute Gasteiger partial charge is 0.359 e. The fourth-order valence-electron chi connectivity index (χ4n) is 3.70. The average molecular weight is 683 g/mol. The van der Waals surface area contributed by atoms with Crippen molar-refractivity contribution >= 4 is 194 Å². The van der Waals surface area contributed by atoms with E-state index in [9.17, 15) is 25.9 Å². The molecule has 0 saturated heterocycles. The maximum atomic E-state index is 11.7. The van der Waals surface area contributed by atoms with Gasteiger partial charge in [0, 0.05) is 139 Å². The van der Waals surface area contributed by atoms with Gasteiger partial charge in [-0.1, -0.05) is 45.7 Å². The number of benzene rings is 3.